The fourth-order valence-corrected chi connectivity index (χ4v) is 4.62. The molecule has 0 amide bonds. The predicted octanol–water partition coefficient (Wildman–Crippen LogP) is 1.70. The molecule has 6 heteroatoms. The second-order valence-corrected chi connectivity index (χ2v) is 8.64. The third-order valence-corrected chi connectivity index (χ3v) is 6.17. The van der Waals surface area contributed by atoms with Gasteiger partial charge in [0.05, 0.1) is 11.5 Å². The highest BCUT2D eigenvalue weighted by molar-refractivity contribution is 7.91. The van der Waals surface area contributed by atoms with E-state index in [1.165, 1.54) is 11.1 Å². The summed E-state index contributed by atoms with van der Waals surface area (Å²) in [7, 11) is -1.08. The SMILES string of the molecule is CN=C(NCC1CCS(=O)(=O)C1)NCC(C)c1ccc(C)cc1. The van der Waals surface area contributed by atoms with Crippen LogP contribution in [0.3, 0.4) is 0 Å². The average molecular weight is 337 g/mol. The van der Waals surface area contributed by atoms with Crippen LogP contribution in [-0.4, -0.2) is 46.0 Å². The Morgan fingerprint density at radius 3 is 2.57 bits per heavy atom. The Kier molecular flexibility index (Phi) is 6.04. The minimum absolute atomic E-state index is 0.188. The van der Waals surface area contributed by atoms with Gasteiger partial charge in [0.25, 0.3) is 0 Å². The van der Waals surface area contributed by atoms with Crippen molar-refractivity contribution in [2.75, 3.05) is 31.6 Å². The molecule has 0 bridgehead atoms. The maximum absolute atomic E-state index is 11.5. The molecule has 5 nitrogen and oxygen atoms in total. The minimum Gasteiger partial charge on any atom is -0.356 e. The maximum Gasteiger partial charge on any atom is 0.191 e. The van der Waals surface area contributed by atoms with Gasteiger partial charge in [0.1, 0.15) is 0 Å². The molecule has 0 aromatic heterocycles. The molecule has 128 valence electrons. The van der Waals surface area contributed by atoms with Crippen molar-refractivity contribution in [2.24, 2.45) is 10.9 Å². The fraction of sp³-hybridized carbons (Fsp3) is 0.588. The largest absolute Gasteiger partial charge is 0.356 e. The Bertz CT molecular complexity index is 638. The topological polar surface area (TPSA) is 70.6 Å². The minimum atomic E-state index is -2.82. The Morgan fingerprint density at radius 2 is 2.00 bits per heavy atom. The zero-order valence-corrected chi connectivity index (χ0v) is 15.0. The average Bonchev–Trinajstić information content (AvgIpc) is 2.87. The van der Waals surface area contributed by atoms with E-state index in [-0.39, 0.29) is 11.7 Å². The number of aryl methyl sites for hydroxylation is 1. The van der Waals surface area contributed by atoms with Crippen LogP contribution in [0.1, 0.15) is 30.4 Å². The van der Waals surface area contributed by atoms with E-state index in [1.807, 2.05) is 0 Å². The Hall–Kier alpha value is -1.56. The monoisotopic (exact) mass is 337 g/mol. The van der Waals surface area contributed by atoms with Crippen molar-refractivity contribution >= 4 is 15.8 Å². The molecule has 0 aliphatic carbocycles. The Balaban J connectivity index is 1.77. The van der Waals surface area contributed by atoms with Gasteiger partial charge in [0, 0.05) is 20.1 Å². The van der Waals surface area contributed by atoms with Crippen molar-refractivity contribution in [1.82, 2.24) is 10.6 Å². The molecule has 1 aliphatic rings. The van der Waals surface area contributed by atoms with E-state index in [4.69, 9.17) is 0 Å². The van der Waals surface area contributed by atoms with Gasteiger partial charge in [-0.25, -0.2) is 8.42 Å². The van der Waals surface area contributed by atoms with Gasteiger partial charge < -0.3 is 10.6 Å². The number of hydrogen-bond donors (Lipinski definition) is 2. The lowest BCUT2D eigenvalue weighted by Gasteiger charge is -2.18. The first-order valence-corrected chi connectivity index (χ1v) is 9.93. The quantitative estimate of drug-likeness (QED) is 0.634. The summed E-state index contributed by atoms with van der Waals surface area (Å²) in [6.07, 6.45) is 0.742. The summed E-state index contributed by atoms with van der Waals surface area (Å²) >= 11 is 0. The van der Waals surface area contributed by atoms with E-state index in [0.717, 1.165) is 18.9 Å². The van der Waals surface area contributed by atoms with Gasteiger partial charge >= 0.3 is 0 Å². The van der Waals surface area contributed by atoms with Crippen LogP contribution in [0.4, 0.5) is 0 Å². The van der Waals surface area contributed by atoms with Gasteiger partial charge in [-0.05, 0) is 30.7 Å². The Morgan fingerprint density at radius 1 is 1.30 bits per heavy atom. The van der Waals surface area contributed by atoms with Crippen LogP contribution in [-0.2, 0) is 9.84 Å². The van der Waals surface area contributed by atoms with Crippen molar-refractivity contribution in [2.45, 2.75) is 26.2 Å². The molecule has 1 saturated heterocycles. The number of sulfone groups is 1. The number of rotatable bonds is 5. The van der Waals surface area contributed by atoms with Gasteiger partial charge in [0.2, 0.25) is 0 Å². The second-order valence-electron chi connectivity index (χ2n) is 6.41. The van der Waals surface area contributed by atoms with Gasteiger partial charge in [-0.15, -0.1) is 0 Å². The van der Waals surface area contributed by atoms with Crippen molar-refractivity contribution in [3.63, 3.8) is 0 Å². The van der Waals surface area contributed by atoms with E-state index >= 15 is 0 Å². The summed E-state index contributed by atoms with van der Waals surface area (Å²) in [6.45, 7) is 5.69. The maximum atomic E-state index is 11.5. The molecule has 1 heterocycles. The number of guanidine groups is 1. The van der Waals surface area contributed by atoms with Gasteiger partial charge in [-0.2, -0.15) is 0 Å². The smallest absolute Gasteiger partial charge is 0.191 e. The lowest BCUT2D eigenvalue weighted by Crippen LogP contribution is -2.41. The van der Waals surface area contributed by atoms with E-state index < -0.39 is 9.84 Å². The highest BCUT2D eigenvalue weighted by atomic mass is 32.2. The molecular weight excluding hydrogens is 310 g/mol. The van der Waals surface area contributed by atoms with Crippen molar-refractivity contribution < 1.29 is 8.42 Å². The zero-order valence-electron chi connectivity index (χ0n) is 14.2. The number of nitrogens with one attached hydrogen (secondary N) is 2. The molecule has 2 rings (SSSR count). The number of nitrogens with zero attached hydrogens (tertiary/aromatic N) is 1. The summed E-state index contributed by atoms with van der Waals surface area (Å²) in [5.41, 5.74) is 2.55. The molecule has 2 unspecified atom stereocenters. The van der Waals surface area contributed by atoms with Gasteiger partial charge in [-0.3, -0.25) is 4.99 Å². The lowest BCUT2D eigenvalue weighted by atomic mass is 10.0. The first-order valence-electron chi connectivity index (χ1n) is 8.11. The van der Waals surface area contributed by atoms with E-state index in [2.05, 4.69) is 53.7 Å². The highest BCUT2D eigenvalue weighted by Crippen LogP contribution is 2.17. The molecule has 1 fully saturated rings. The molecule has 1 aliphatic heterocycles. The molecule has 0 spiro atoms. The van der Waals surface area contributed by atoms with Crippen LogP contribution in [0.25, 0.3) is 0 Å². The molecular formula is C17H27N3O2S. The summed E-state index contributed by atoms with van der Waals surface area (Å²) in [6, 6.07) is 8.56. The molecule has 0 saturated carbocycles. The van der Waals surface area contributed by atoms with Crippen LogP contribution in [0, 0.1) is 12.8 Å². The van der Waals surface area contributed by atoms with E-state index in [9.17, 15) is 8.42 Å². The van der Waals surface area contributed by atoms with E-state index in [1.54, 1.807) is 7.05 Å². The third-order valence-electron chi connectivity index (χ3n) is 4.33. The summed E-state index contributed by atoms with van der Waals surface area (Å²) in [5.74, 6) is 1.90. The molecule has 0 radical (unpaired) electrons. The molecule has 1 aromatic carbocycles. The lowest BCUT2D eigenvalue weighted by molar-refractivity contribution is 0.565. The van der Waals surface area contributed by atoms with Gasteiger partial charge in [-0.1, -0.05) is 36.8 Å². The predicted molar refractivity (Wildman–Crippen MR) is 95.7 cm³/mol. The van der Waals surface area contributed by atoms with Gasteiger partial charge in [0.15, 0.2) is 15.8 Å². The first kappa shape index (κ1) is 17.8. The van der Waals surface area contributed by atoms with Crippen LogP contribution < -0.4 is 10.6 Å². The van der Waals surface area contributed by atoms with Crippen LogP contribution in [0.2, 0.25) is 0 Å². The summed E-state index contributed by atoms with van der Waals surface area (Å²) in [5, 5.41) is 6.56. The normalized spacial score (nSPS) is 21.9. The molecule has 2 N–H and O–H groups in total. The third kappa shape index (κ3) is 5.53. The highest BCUT2D eigenvalue weighted by Gasteiger charge is 2.27. The standard InChI is InChI=1S/C17H27N3O2S/c1-13-4-6-16(7-5-13)14(2)10-19-17(18-3)20-11-15-8-9-23(21,22)12-15/h4-7,14-15H,8-12H2,1-3H3,(H2,18,19,20). The van der Waals surface area contributed by atoms with Crippen LogP contribution in [0.5, 0.6) is 0 Å². The van der Waals surface area contributed by atoms with Crippen molar-refractivity contribution in [3.05, 3.63) is 35.4 Å². The van der Waals surface area contributed by atoms with Crippen LogP contribution in [0.15, 0.2) is 29.3 Å². The van der Waals surface area contributed by atoms with Crippen molar-refractivity contribution in [1.29, 1.82) is 0 Å². The van der Waals surface area contributed by atoms with Crippen LogP contribution >= 0.6 is 0 Å². The second kappa shape index (κ2) is 7.81. The van der Waals surface area contributed by atoms with E-state index in [0.29, 0.717) is 18.2 Å². The molecule has 2 atom stereocenters. The number of benzene rings is 1. The molecule has 23 heavy (non-hydrogen) atoms. The summed E-state index contributed by atoms with van der Waals surface area (Å²) < 4.78 is 23.0. The Labute approximate surface area is 139 Å². The van der Waals surface area contributed by atoms with Crippen molar-refractivity contribution in [3.8, 4) is 0 Å². The summed E-state index contributed by atoms with van der Waals surface area (Å²) in [4.78, 5) is 4.21. The zero-order chi connectivity index (χ0) is 16.9. The molecule has 1 aromatic rings. The number of hydrogen-bond acceptors (Lipinski definition) is 3. The number of aliphatic imine (C=N–C) groups is 1. The fourth-order valence-electron chi connectivity index (χ4n) is 2.76. The first-order chi connectivity index (χ1) is 10.9.